The van der Waals surface area contributed by atoms with E-state index in [1.54, 1.807) is 0 Å². The predicted molar refractivity (Wildman–Crippen MR) is 93.3 cm³/mol. The summed E-state index contributed by atoms with van der Waals surface area (Å²) in [6, 6.07) is 13.1. The zero-order valence-electron chi connectivity index (χ0n) is 14.1. The van der Waals surface area contributed by atoms with Crippen LogP contribution in [0.2, 0.25) is 0 Å². The maximum absolute atomic E-state index is 12.8. The number of alkyl halides is 3. The minimum atomic E-state index is -4.33. The molecule has 25 heavy (non-hydrogen) atoms. The monoisotopic (exact) mass is 348 g/mol. The van der Waals surface area contributed by atoms with E-state index in [2.05, 4.69) is 0 Å². The fourth-order valence-corrected chi connectivity index (χ4v) is 3.96. The van der Waals surface area contributed by atoms with E-state index < -0.39 is 11.7 Å². The van der Waals surface area contributed by atoms with Crippen LogP contribution in [0.1, 0.15) is 49.1 Å². The van der Waals surface area contributed by atoms with E-state index in [0.29, 0.717) is 5.92 Å². The predicted octanol–water partition coefficient (Wildman–Crippen LogP) is 6.03. The molecule has 1 unspecified atom stereocenters. The van der Waals surface area contributed by atoms with Crippen LogP contribution < -0.4 is 0 Å². The van der Waals surface area contributed by atoms with Crippen molar-refractivity contribution in [3.63, 3.8) is 0 Å². The third kappa shape index (κ3) is 4.06. The lowest BCUT2D eigenvalue weighted by molar-refractivity contribution is -0.137. The lowest BCUT2D eigenvalue weighted by Gasteiger charge is -2.30. The van der Waals surface area contributed by atoms with Gasteiger partial charge in [0, 0.05) is 5.92 Å². The Kier molecular flexibility index (Phi) is 5.48. The quantitative estimate of drug-likeness (QED) is 0.715. The standard InChI is InChI=1S/C21H23F3O/c22-21(23,24)17-12-10-16(11-13-17)18-8-4-5-9-19(18)20(14-25)15-6-2-1-3-7-15/h4-5,8-13,15,20,25H,1-3,6-7,14H2. The van der Waals surface area contributed by atoms with E-state index in [0.717, 1.165) is 41.7 Å². The van der Waals surface area contributed by atoms with E-state index in [4.69, 9.17) is 0 Å². The lowest BCUT2D eigenvalue weighted by Crippen LogP contribution is -2.20. The summed E-state index contributed by atoms with van der Waals surface area (Å²) in [5.74, 6) is 0.480. The zero-order valence-corrected chi connectivity index (χ0v) is 14.1. The van der Waals surface area contributed by atoms with Gasteiger partial charge < -0.3 is 5.11 Å². The molecule has 1 fully saturated rings. The Morgan fingerprint density at radius 1 is 0.920 bits per heavy atom. The van der Waals surface area contributed by atoms with Crippen LogP contribution in [0.4, 0.5) is 13.2 Å². The molecule has 0 aromatic heterocycles. The van der Waals surface area contributed by atoms with Crippen LogP contribution >= 0.6 is 0 Å². The largest absolute Gasteiger partial charge is 0.416 e. The molecule has 2 aromatic rings. The summed E-state index contributed by atoms with van der Waals surface area (Å²) >= 11 is 0. The first kappa shape index (κ1) is 18.0. The molecule has 0 radical (unpaired) electrons. The first-order chi connectivity index (χ1) is 12.0. The van der Waals surface area contributed by atoms with Gasteiger partial charge in [-0.05, 0) is 47.6 Å². The van der Waals surface area contributed by atoms with Gasteiger partial charge in [-0.2, -0.15) is 13.2 Å². The highest BCUT2D eigenvalue weighted by Crippen LogP contribution is 2.40. The SMILES string of the molecule is OCC(c1ccccc1-c1ccc(C(F)(F)F)cc1)C1CCCCC1. The summed E-state index contributed by atoms with van der Waals surface area (Å²) < 4.78 is 38.4. The van der Waals surface area contributed by atoms with Crippen LogP contribution in [0.15, 0.2) is 48.5 Å². The molecule has 0 heterocycles. The molecule has 0 spiro atoms. The summed E-state index contributed by atoms with van der Waals surface area (Å²) in [5.41, 5.74) is 2.08. The van der Waals surface area contributed by atoms with Gasteiger partial charge in [-0.25, -0.2) is 0 Å². The van der Waals surface area contributed by atoms with Gasteiger partial charge >= 0.3 is 6.18 Å². The molecule has 0 aliphatic heterocycles. The van der Waals surface area contributed by atoms with Gasteiger partial charge in [0.1, 0.15) is 0 Å². The Hall–Kier alpha value is -1.81. The summed E-state index contributed by atoms with van der Waals surface area (Å²) in [6.07, 6.45) is 1.50. The Balaban J connectivity index is 1.95. The number of hydrogen-bond acceptors (Lipinski definition) is 1. The van der Waals surface area contributed by atoms with E-state index in [1.807, 2.05) is 24.3 Å². The fourth-order valence-electron chi connectivity index (χ4n) is 3.96. The molecule has 1 atom stereocenters. The lowest BCUT2D eigenvalue weighted by atomic mass is 9.75. The maximum atomic E-state index is 12.8. The van der Waals surface area contributed by atoms with Crippen LogP contribution in [0, 0.1) is 5.92 Å². The molecule has 1 nitrogen and oxygen atoms in total. The summed E-state index contributed by atoms with van der Waals surface area (Å²) in [5, 5.41) is 10.0. The smallest absolute Gasteiger partial charge is 0.396 e. The van der Waals surface area contributed by atoms with Gasteiger partial charge in [-0.1, -0.05) is 55.7 Å². The van der Waals surface area contributed by atoms with Crippen molar-refractivity contribution in [3.8, 4) is 11.1 Å². The Bertz CT molecular complexity index is 685. The first-order valence-electron chi connectivity index (χ1n) is 8.88. The van der Waals surface area contributed by atoms with Gasteiger partial charge in [0.05, 0.1) is 12.2 Å². The van der Waals surface area contributed by atoms with E-state index in [9.17, 15) is 18.3 Å². The number of benzene rings is 2. The van der Waals surface area contributed by atoms with Crippen LogP contribution in [-0.2, 0) is 6.18 Å². The highest BCUT2D eigenvalue weighted by atomic mass is 19.4. The number of halogens is 3. The Labute approximate surface area is 146 Å². The molecular weight excluding hydrogens is 325 g/mol. The van der Waals surface area contributed by atoms with Gasteiger partial charge in [0.2, 0.25) is 0 Å². The molecule has 0 bridgehead atoms. The second kappa shape index (κ2) is 7.61. The van der Waals surface area contributed by atoms with Crippen molar-refractivity contribution in [3.05, 3.63) is 59.7 Å². The summed E-state index contributed by atoms with van der Waals surface area (Å²) in [6.45, 7) is 0.0717. The molecule has 3 rings (SSSR count). The number of hydrogen-bond donors (Lipinski definition) is 1. The van der Waals surface area contributed by atoms with Crippen molar-refractivity contribution in [1.29, 1.82) is 0 Å². The molecule has 1 saturated carbocycles. The average molecular weight is 348 g/mol. The van der Waals surface area contributed by atoms with Gasteiger partial charge in [-0.3, -0.25) is 0 Å². The van der Waals surface area contributed by atoms with Crippen molar-refractivity contribution in [2.45, 2.75) is 44.2 Å². The third-order valence-electron chi connectivity index (χ3n) is 5.30. The summed E-state index contributed by atoms with van der Waals surface area (Å²) in [4.78, 5) is 0. The minimum Gasteiger partial charge on any atom is -0.396 e. The second-order valence-corrected chi connectivity index (χ2v) is 6.85. The Morgan fingerprint density at radius 2 is 1.56 bits per heavy atom. The highest BCUT2D eigenvalue weighted by Gasteiger charge is 2.30. The van der Waals surface area contributed by atoms with Crippen molar-refractivity contribution < 1.29 is 18.3 Å². The van der Waals surface area contributed by atoms with Crippen LogP contribution in [0.3, 0.4) is 0 Å². The van der Waals surface area contributed by atoms with E-state index >= 15 is 0 Å². The molecule has 1 N–H and O–H groups in total. The van der Waals surface area contributed by atoms with Gasteiger partial charge in [0.25, 0.3) is 0 Å². The number of aliphatic hydroxyl groups is 1. The second-order valence-electron chi connectivity index (χ2n) is 6.85. The topological polar surface area (TPSA) is 20.2 Å². The normalized spacial score (nSPS) is 17.4. The molecule has 1 aliphatic carbocycles. The van der Waals surface area contributed by atoms with Crippen LogP contribution in [0.25, 0.3) is 11.1 Å². The molecule has 0 amide bonds. The molecule has 0 saturated heterocycles. The van der Waals surface area contributed by atoms with E-state index in [-0.39, 0.29) is 12.5 Å². The molecule has 2 aromatic carbocycles. The van der Waals surface area contributed by atoms with Crippen molar-refractivity contribution >= 4 is 0 Å². The van der Waals surface area contributed by atoms with Crippen LogP contribution in [0.5, 0.6) is 0 Å². The Morgan fingerprint density at radius 3 is 2.16 bits per heavy atom. The molecule has 4 heteroatoms. The average Bonchev–Trinajstić information content (AvgIpc) is 2.63. The van der Waals surface area contributed by atoms with Crippen LogP contribution in [-0.4, -0.2) is 11.7 Å². The number of rotatable bonds is 4. The van der Waals surface area contributed by atoms with Crippen molar-refractivity contribution in [2.75, 3.05) is 6.61 Å². The number of aliphatic hydroxyl groups excluding tert-OH is 1. The van der Waals surface area contributed by atoms with Gasteiger partial charge in [0.15, 0.2) is 0 Å². The minimum absolute atomic E-state index is 0.0405. The van der Waals surface area contributed by atoms with E-state index in [1.165, 1.54) is 31.4 Å². The van der Waals surface area contributed by atoms with Crippen molar-refractivity contribution in [1.82, 2.24) is 0 Å². The van der Waals surface area contributed by atoms with Gasteiger partial charge in [-0.15, -0.1) is 0 Å². The highest BCUT2D eigenvalue weighted by molar-refractivity contribution is 5.68. The molecular formula is C21H23F3O. The summed E-state index contributed by atoms with van der Waals surface area (Å²) in [7, 11) is 0. The molecule has 134 valence electrons. The maximum Gasteiger partial charge on any atom is 0.416 e. The van der Waals surface area contributed by atoms with Crippen molar-refractivity contribution in [2.24, 2.45) is 5.92 Å². The zero-order chi connectivity index (χ0) is 17.9. The first-order valence-corrected chi connectivity index (χ1v) is 8.88. The fraction of sp³-hybridized carbons (Fsp3) is 0.429. The molecule has 1 aliphatic rings. The third-order valence-corrected chi connectivity index (χ3v) is 5.30.